The van der Waals surface area contributed by atoms with Crippen LogP contribution in [0.5, 0.6) is 0 Å². The van der Waals surface area contributed by atoms with Crippen molar-refractivity contribution in [2.75, 3.05) is 0 Å². The molecule has 0 aliphatic heterocycles. The molecule has 0 unspecified atom stereocenters. The summed E-state index contributed by atoms with van der Waals surface area (Å²) in [7, 11) is 0. The van der Waals surface area contributed by atoms with Gasteiger partial charge in [0.05, 0.1) is 22.3 Å². The summed E-state index contributed by atoms with van der Waals surface area (Å²) in [4.78, 5) is 15.3. The van der Waals surface area contributed by atoms with E-state index in [9.17, 15) is 0 Å². The molecule has 0 saturated heterocycles. The SMILES string of the molecule is c1ccc(-c2nc(-c3ccc4c(c3)c3ccccc3n4-c3cccc4c3oc3c(-c5ccccc5)cccc34)nc(-c3cccc4c3oc3ccccc34)n2)cc1. The zero-order valence-corrected chi connectivity index (χ0v) is 30.4. The first-order chi connectivity index (χ1) is 28.3. The fourth-order valence-electron chi connectivity index (χ4n) is 8.46. The Balaban J connectivity index is 1.07. The lowest BCUT2D eigenvalue weighted by atomic mass is 10.0. The molecule has 12 aromatic rings. The van der Waals surface area contributed by atoms with Crippen LogP contribution in [0.25, 0.3) is 117 Å². The van der Waals surface area contributed by atoms with Gasteiger partial charge in [-0.2, -0.15) is 0 Å². The van der Waals surface area contributed by atoms with Gasteiger partial charge in [0.1, 0.15) is 16.7 Å². The molecule has 0 aliphatic rings. The number of hydrogen-bond donors (Lipinski definition) is 0. The number of aromatic nitrogens is 4. The monoisotopic (exact) mass is 730 g/mol. The summed E-state index contributed by atoms with van der Waals surface area (Å²) in [6.07, 6.45) is 0. The minimum Gasteiger partial charge on any atom is -0.455 e. The lowest BCUT2D eigenvalue weighted by Gasteiger charge is -2.10. The number of rotatable bonds is 5. The molecule has 0 spiro atoms. The molecule has 0 saturated carbocycles. The molecular formula is C51H30N4O2. The highest BCUT2D eigenvalue weighted by atomic mass is 16.3. The Hall–Kier alpha value is -7.83. The quantitative estimate of drug-likeness (QED) is 0.176. The van der Waals surface area contributed by atoms with Gasteiger partial charge in [0.15, 0.2) is 23.1 Å². The summed E-state index contributed by atoms with van der Waals surface area (Å²) in [6.45, 7) is 0. The number of furan rings is 2. The molecule has 6 nitrogen and oxygen atoms in total. The second-order valence-electron chi connectivity index (χ2n) is 14.3. The summed E-state index contributed by atoms with van der Waals surface area (Å²) in [5.41, 5.74) is 11.2. The van der Waals surface area contributed by atoms with E-state index in [1.165, 1.54) is 0 Å². The second kappa shape index (κ2) is 12.3. The summed E-state index contributed by atoms with van der Waals surface area (Å²) in [6, 6.07) is 62.6. The minimum absolute atomic E-state index is 0.553. The van der Waals surface area contributed by atoms with E-state index in [1.54, 1.807) is 0 Å². The van der Waals surface area contributed by atoms with Crippen molar-refractivity contribution in [2.45, 2.75) is 0 Å². The predicted octanol–water partition coefficient (Wildman–Crippen LogP) is 13.4. The van der Waals surface area contributed by atoms with Crippen LogP contribution in [0.2, 0.25) is 0 Å². The number of para-hydroxylation sites is 5. The normalized spacial score (nSPS) is 11.9. The third kappa shape index (κ3) is 4.87. The molecule has 4 aromatic heterocycles. The van der Waals surface area contributed by atoms with Gasteiger partial charge < -0.3 is 13.4 Å². The van der Waals surface area contributed by atoms with Gasteiger partial charge in [0, 0.05) is 49.0 Å². The van der Waals surface area contributed by atoms with Crippen LogP contribution in [0.15, 0.2) is 191 Å². The maximum absolute atomic E-state index is 6.89. The van der Waals surface area contributed by atoms with Gasteiger partial charge >= 0.3 is 0 Å². The van der Waals surface area contributed by atoms with Gasteiger partial charge in [-0.3, -0.25) is 0 Å². The van der Waals surface area contributed by atoms with Crippen molar-refractivity contribution in [1.29, 1.82) is 0 Å². The van der Waals surface area contributed by atoms with Crippen LogP contribution < -0.4 is 0 Å². The van der Waals surface area contributed by atoms with E-state index in [4.69, 9.17) is 23.8 Å². The number of hydrogen-bond acceptors (Lipinski definition) is 5. The van der Waals surface area contributed by atoms with Crippen molar-refractivity contribution in [3.63, 3.8) is 0 Å². The standard InChI is InChI=1S/C51H30N4O2/c1-3-14-31(15-4-1)34-20-11-22-38-39-23-13-26-44(48(39)57-46(34)38)55-42-25-9-7-18-35(42)41-30-33(28-29-43(41)55)50-52-49(32-16-5-2-6-17-32)53-51(54-50)40-24-12-21-37-36-19-8-10-27-45(36)56-47(37)40/h1-30H. The fraction of sp³-hybridized carbons (Fsp3) is 0. The third-order valence-electron chi connectivity index (χ3n) is 11.1. The van der Waals surface area contributed by atoms with E-state index >= 15 is 0 Å². The van der Waals surface area contributed by atoms with Crippen LogP contribution in [-0.2, 0) is 0 Å². The van der Waals surface area contributed by atoms with Crippen molar-refractivity contribution in [3.8, 4) is 51.0 Å². The van der Waals surface area contributed by atoms with Crippen molar-refractivity contribution < 1.29 is 8.83 Å². The molecule has 57 heavy (non-hydrogen) atoms. The maximum atomic E-state index is 6.89. The van der Waals surface area contributed by atoms with Crippen LogP contribution in [0.1, 0.15) is 0 Å². The topological polar surface area (TPSA) is 69.9 Å². The summed E-state index contributed by atoms with van der Waals surface area (Å²) < 4.78 is 15.7. The van der Waals surface area contributed by atoms with Crippen LogP contribution in [0, 0.1) is 0 Å². The van der Waals surface area contributed by atoms with Crippen molar-refractivity contribution in [3.05, 3.63) is 182 Å². The van der Waals surface area contributed by atoms with Gasteiger partial charge in [-0.1, -0.05) is 140 Å². The zero-order chi connectivity index (χ0) is 37.5. The van der Waals surface area contributed by atoms with Crippen LogP contribution >= 0.6 is 0 Å². The molecule has 6 heteroatoms. The Labute approximate surface area is 325 Å². The maximum Gasteiger partial charge on any atom is 0.167 e. The molecule has 0 amide bonds. The zero-order valence-electron chi connectivity index (χ0n) is 30.4. The molecule has 0 radical (unpaired) electrons. The van der Waals surface area contributed by atoms with E-state index in [1.807, 2.05) is 66.7 Å². The highest BCUT2D eigenvalue weighted by molar-refractivity contribution is 6.15. The van der Waals surface area contributed by atoms with Gasteiger partial charge in [-0.15, -0.1) is 0 Å². The Kier molecular flexibility index (Phi) is 6.83. The largest absolute Gasteiger partial charge is 0.455 e. The third-order valence-corrected chi connectivity index (χ3v) is 11.1. The van der Waals surface area contributed by atoms with Gasteiger partial charge in [-0.05, 0) is 48.0 Å². The Morgan fingerprint density at radius 2 is 0.895 bits per heavy atom. The average Bonchev–Trinajstić information content (AvgIpc) is 3.96. The molecule has 0 atom stereocenters. The van der Waals surface area contributed by atoms with Gasteiger partial charge in [0.25, 0.3) is 0 Å². The first kappa shape index (κ1) is 31.5. The van der Waals surface area contributed by atoms with Crippen LogP contribution in [-0.4, -0.2) is 19.5 Å². The second-order valence-corrected chi connectivity index (χ2v) is 14.3. The van der Waals surface area contributed by atoms with Crippen LogP contribution in [0.3, 0.4) is 0 Å². The van der Waals surface area contributed by atoms with Crippen LogP contribution in [0.4, 0.5) is 0 Å². The van der Waals surface area contributed by atoms with E-state index in [-0.39, 0.29) is 0 Å². The fourth-order valence-corrected chi connectivity index (χ4v) is 8.46. The van der Waals surface area contributed by atoms with Gasteiger partial charge in [0.2, 0.25) is 0 Å². The number of benzene rings is 8. The van der Waals surface area contributed by atoms with E-state index in [2.05, 4.69) is 120 Å². The summed E-state index contributed by atoms with van der Waals surface area (Å²) in [5.74, 6) is 1.73. The van der Waals surface area contributed by atoms with Crippen molar-refractivity contribution >= 4 is 65.7 Å². The molecule has 0 aliphatic carbocycles. The van der Waals surface area contributed by atoms with E-state index in [0.717, 1.165) is 99.2 Å². The first-order valence-electron chi connectivity index (χ1n) is 19.0. The van der Waals surface area contributed by atoms with Crippen molar-refractivity contribution in [1.82, 2.24) is 19.5 Å². The highest BCUT2D eigenvalue weighted by Gasteiger charge is 2.21. The molecule has 266 valence electrons. The molecule has 4 heterocycles. The Bertz CT molecular complexity index is 3530. The Morgan fingerprint density at radius 3 is 1.70 bits per heavy atom. The predicted molar refractivity (Wildman–Crippen MR) is 230 cm³/mol. The minimum atomic E-state index is 0.553. The molecule has 0 bridgehead atoms. The molecule has 12 rings (SSSR count). The first-order valence-corrected chi connectivity index (χ1v) is 19.0. The highest BCUT2D eigenvalue weighted by Crippen LogP contribution is 2.42. The number of fused-ring (bicyclic) bond motifs is 9. The van der Waals surface area contributed by atoms with Crippen molar-refractivity contribution in [2.24, 2.45) is 0 Å². The smallest absolute Gasteiger partial charge is 0.167 e. The molecular weight excluding hydrogens is 701 g/mol. The number of nitrogens with zero attached hydrogens (tertiary/aromatic N) is 4. The summed E-state index contributed by atoms with van der Waals surface area (Å²) in [5, 5.41) is 6.46. The molecule has 0 fully saturated rings. The molecule has 8 aromatic carbocycles. The molecule has 0 N–H and O–H groups in total. The summed E-state index contributed by atoms with van der Waals surface area (Å²) >= 11 is 0. The van der Waals surface area contributed by atoms with E-state index < -0.39 is 0 Å². The lowest BCUT2D eigenvalue weighted by Crippen LogP contribution is -2.00. The average molecular weight is 731 g/mol. The lowest BCUT2D eigenvalue weighted by molar-refractivity contribution is 0.667. The van der Waals surface area contributed by atoms with E-state index in [0.29, 0.717) is 17.5 Å². The van der Waals surface area contributed by atoms with Gasteiger partial charge in [-0.25, -0.2) is 15.0 Å². The Morgan fingerprint density at radius 1 is 0.333 bits per heavy atom.